The van der Waals surface area contributed by atoms with Crippen LogP contribution in [-0.2, 0) is 0 Å². The lowest BCUT2D eigenvalue weighted by Gasteiger charge is -2.27. The summed E-state index contributed by atoms with van der Waals surface area (Å²) in [5.74, 6) is 0. The predicted octanol–water partition coefficient (Wildman–Crippen LogP) is 14.3. The van der Waals surface area contributed by atoms with E-state index in [1.54, 1.807) is 9.80 Å². The lowest BCUT2D eigenvalue weighted by Crippen LogP contribution is -2.10. The minimum atomic E-state index is -0.456. The van der Waals surface area contributed by atoms with Gasteiger partial charge in [0, 0.05) is 33.5 Å². The van der Waals surface area contributed by atoms with E-state index in [0.29, 0.717) is 22.7 Å². The second-order valence-electron chi connectivity index (χ2n) is 12.3. The van der Waals surface area contributed by atoms with E-state index in [9.17, 15) is 0 Å². The van der Waals surface area contributed by atoms with Crippen molar-refractivity contribution in [3.8, 4) is 22.3 Å². The third-order valence-corrected chi connectivity index (χ3v) is 9.22. The highest BCUT2D eigenvalue weighted by atomic mass is 15.1. The maximum atomic E-state index is 8.90. The minimum absolute atomic E-state index is 0.0520. The second-order valence-corrected chi connectivity index (χ2v) is 12.3. The molecule has 0 saturated heterocycles. The van der Waals surface area contributed by atoms with Crippen molar-refractivity contribution >= 4 is 55.7 Å². The fourth-order valence-electron chi connectivity index (χ4n) is 6.78. The average molecular weight is 675 g/mol. The van der Waals surface area contributed by atoms with Gasteiger partial charge in [-0.25, -0.2) is 0 Å². The molecule has 0 aromatic heterocycles. The van der Waals surface area contributed by atoms with Crippen LogP contribution in [0.3, 0.4) is 0 Å². The summed E-state index contributed by atoms with van der Waals surface area (Å²) in [6.07, 6.45) is 0. The molecular weight excluding hydrogens is 629 g/mol. The zero-order chi connectivity index (χ0) is 43.4. The van der Waals surface area contributed by atoms with Crippen LogP contribution in [0.1, 0.15) is 13.7 Å². The fourth-order valence-corrected chi connectivity index (χ4v) is 6.78. The van der Waals surface area contributed by atoms with Crippen molar-refractivity contribution in [2.24, 2.45) is 0 Å². The molecule has 9 aromatic carbocycles. The SMILES string of the molecule is [2H]c1c([2H])c([2H])c(N(c2ccc(-c3cccc(-c4ccc(N(c5c([2H])c([2H])c([2H])c([2H])c5[2H])c5cccc6ccccc56)cc4)c3)cc2)c2cccc3ccccc23)c([2H])c1[2H]. The van der Waals surface area contributed by atoms with E-state index in [1.165, 1.54) is 0 Å². The molecule has 0 aliphatic heterocycles. The van der Waals surface area contributed by atoms with E-state index in [4.69, 9.17) is 13.7 Å². The Labute approximate surface area is 319 Å². The largest absolute Gasteiger partial charge is 0.310 e. The highest BCUT2D eigenvalue weighted by molar-refractivity contribution is 6.00. The molecule has 52 heavy (non-hydrogen) atoms. The molecule has 246 valence electrons. The number of anilines is 6. The zero-order valence-electron chi connectivity index (χ0n) is 37.9. The first-order valence-corrected chi connectivity index (χ1v) is 16.9. The highest BCUT2D eigenvalue weighted by Gasteiger charge is 2.17. The van der Waals surface area contributed by atoms with Gasteiger partial charge >= 0.3 is 0 Å². The first-order chi connectivity index (χ1) is 29.9. The van der Waals surface area contributed by atoms with Crippen molar-refractivity contribution in [2.45, 2.75) is 0 Å². The Morgan fingerprint density at radius 1 is 0.308 bits per heavy atom. The minimum Gasteiger partial charge on any atom is -0.310 e. The van der Waals surface area contributed by atoms with Crippen LogP contribution in [0.15, 0.2) is 218 Å². The second kappa shape index (κ2) is 13.8. The molecular formula is C50H36N2. The molecule has 0 amide bonds. The third kappa shape index (κ3) is 5.97. The molecule has 0 radical (unpaired) electrons. The van der Waals surface area contributed by atoms with E-state index in [-0.39, 0.29) is 35.5 Å². The molecule has 9 aromatic rings. The summed E-state index contributed by atoms with van der Waals surface area (Å²) in [5.41, 5.74) is 6.32. The summed E-state index contributed by atoms with van der Waals surface area (Å²) in [7, 11) is 0. The summed E-state index contributed by atoms with van der Waals surface area (Å²) in [5, 5.41) is 3.61. The maximum Gasteiger partial charge on any atom is 0.0645 e. The lowest BCUT2D eigenvalue weighted by molar-refractivity contribution is 1.30. The molecule has 0 fully saturated rings. The monoisotopic (exact) mass is 674 g/mol. The summed E-state index contributed by atoms with van der Waals surface area (Å²) in [6, 6.07) is 46.7. The van der Waals surface area contributed by atoms with Crippen molar-refractivity contribution < 1.29 is 13.7 Å². The van der Waals surface area contributed by atoms with Crippen LogP contribution in [-0.4, -0.2) is 0 Å². The summed E-state index contributed by atoms with van der Waals surface area (Å²) >= 11 is 0. The van der Waals surface area contributed by atoms with Gasteiger partial charge < -0.3 is 9.80 Å². The normalized spacial score (nSPS) is 13.8. The Morgan fingerprint density at radius 2 is 0.692 bits per heavy atom. The maximum absolute atomic E-state index is 8.90. The van der Waals surface area contributed by atoms with Gasteiger partial charge in [-0.05, 0) is 99.7 Å². The lowest BCUT2D eigenvalue weighted by atomic mass is 9.98. The van der Waals surface area contributed by atoms with Gasteiger partial charge in [-0.1, -0.05) is 152 Å². The summed E-state index contributed by atoms with van der Waals surface area (Å²) in [4.78, 5) is 3.46. The molecule has 0 spiro atoms. The molecule has 2 nitrogen and oxygen atoms in total. The van der Waals surface area contributed by atoms with Crippen LogP contribution in [0.5, 0.6) is 0 Å². The fraction of sp³-hybridized carbons (Fsp3) is 0. The van der Waals surface area contributed by atoms with Crippen molar-refractivity contribution in [3.05, 3.63) is 218 Å². The Bertz CT molecular complexity index is 2930. The first kappa shape index (κ1) is 22.0. The van der Waals surface area contributed by atoms with Gasteiger partial charge in [0.15, 0.2) is 0 Å². The van der Waals surface area contributed by atoms with E-state index in [0.717, 1.165) is 43.8 Å². The van der Waals surface area contributed by atoms with Gasteiger partial charge in [0.2, 0.25) is 0 Å². The zero-order valence-corrected chi connectivity index (χ0v) is 27.9. The highest BCUT2D eigenvalue weighted by Crippen LogP contribution is 2.41. The molecule has 0 aliphatic carbocycles. The number of fused-ring (bicyclic) bond motifs is 2. The van der Waals surface area contributed by atoms with Crippen molar-refractivity contribution in [2.75, 3.05) is 9.80 Å². The van der Waals surface area contributed by atoms with Crippen molar-refractivity contribution in [1.29, 1.82) is 0 Å². The Kier molecular flexibility index (Phi) is 5.84. The molecule has 9 rings (SSSR count). The molecule has 0 aliphatic rings. The standard InChI is InChI=1S/C50H36N2/c1-3-20-43(21-4-1)51(49-26-12-16-39-14-7-9-24-47(39)49)45-32-28-37(29-33-45)41-18-11-19-42(36-41)38-30-34-46(35-31-38)52(44-22-5-2-6-23-44)50-27-13-17-40-15-8-10-25-48(40)50/h1-36H/i1D,2D,3D,4D,5D,6D,20D,21D,22D,23D. The van der Waals surface area contributed by atoms with Crippen molar-refractivity contribution in [1.82, 2.24) is 0 Å². The Morgan fingerprint density at radius 3 is 1.13 bits per heavy atom. The van der Waals surface area contributed by atoms with E-state index < -0.39 is 36.3 Å². The number of hydrogen-bond donors (Lipinski definition) is 0. The molecule has 0 heterocycles. The number of benzene rings is 9. The summed E-state index contributed by atoms with van der Waals surface area (Å²) < 4.78 is 85.9. The van der Waals surface area contributed by atoms with Crippen LogP contribution < -0.4 is 9.80 Å². The molecule has 0 bridgehead atoms. The van der Waals surface area contributed by atoms with Crippen LogP contribution in [0.4, 0.5) is 34.1 Å². The van der Waals surface area contributed by atoms with Gasteiger partial charge in [-0.3, -0.25) is 0 Å². The molecule has 0 atom stereocenters. The van der Waals surface area contributed by atoms with Gasteiger partial charge in [0.25, 0.3) is 0 Å². The number of nitrogens with zero attached hydrogens (tertiary/aromatic N) is 2. The van der Waals surface area contributed by atoms with Crippen LogP contribution in [0.2, 0.25) is 0 Å². The molecule has 0 unspecified atom stereocenters. The smallest absolute Gasteiger partial charge is 0.0645 e. The quantitative estimate of drug-likeness (QED) is 0.158. The topological polar surface area (TPSA) is 6.48 Å². The molecule has 2 heteroatoms. The van der Waals surface area contributed by atoms with E-state index in [2.05, 4.69) is 6.07 Å². The number of hydrogen-bond acceptors (Lipinski definition) is 2. The predicted molar refractivity (Wildman–Crippen MR) is 222 cm³/mol. The van der Waals surface area contributed by atoms with Gasteiger partial charge in [0.1, 0.15) is 0 Å². The number of para-hydroxylation sites is 2. The third-order valence-electron chi connectivity index (χ3n) is 9.22. The van der Waals surface area contributed by atoms with Gasteiger partial charge in [-0.15, -0.1) is 0 Å². The average Bonchev–Trinajstić information content (AvgIpc) is 3.31. The summed E-state index contributed by atoms with van der Waals surface area (Å²) in [6.45, 7) is 0. The van der Waals surface area contributed by atoms with E-state index >= 15 is 0 Å². The van der Waals surface area contributed by atoms with Crippen LogP contribution in [0.25, 0.3) is 43.8 Å². The molecule has 0 N–H and O–H groups in total. The van der Waals surface area contributed by atoms with Crippen LogP contribution in [0, 0.1) is 0 Å². The Balaban J connectivity index is 1.10. The number of rotatable bonds is 8. The van der Waals surface area contributed by atoms with Gasteiger partial charge in [-0.2, -0.15) is 0 Å². The van der Waals surface area contributed by atoms with Crippen molar-refractivity contribution in [3.63, 3.8) is 0 Å². The van der Waals surface area contributed by atoms with E-state index in [1.807, 2.05) is 152 Å². The van der Waals surface area contributed by atoms with Gasteiger partial charge in [0.05, 0.1) is 25.1 Å². The molecule has 0 saturated carbocycles. The first-order valence-electron chi connectivity index (χ1n) is 21.9. The Hall–Kier alpha value is -6.90. The van der Waals surface area contributed by atoms with Crippen LogP contribution >= 0.6 is 0 Å².